The van der Waals surface area contributed by atoms with Crippen molar-refractivity contribution in [3.63, 3.8) is 0 Å². The van der Waals surface area contributed by atoms with Gasteiger partial charge in [0.15, 0.2) is 5.78 Å². The first kappa shape index (κ1) is 26.0. The molecule has 2 aromatic rings. The zero-order chi connectivity index (χ0) is 25.1. The Balaban J connectivity index is 1.85. The highest BCUT2D eigenvalue weighted by molar-refractivity contribution is 6.09. The molecule has 0 saturated heterocycles. The quantitative estimate of drug-likeness (QED) is 0.233. The van der Waals surface area contributed by atoms with E-state index in [1.165, 1.54) is 0 Å². The van der Waals surface area contributed by atoms with Gasteiger partial charge in [-0.25, -0.2) is 4.79 Å². The number of amides is 1. The van der Waals surface area contributed by atoms with Crippen molar-refractivity contribution in [3.8, 4) is 5.75 Å². The molecule has 1 amide bonds. The molecule has 0 saturated carbocycles. The number of carbonyl (C=O) groups is 3. The Morgan fingerprint density at radius 1 is 1.06 bits per heavy atom. The second-order valence-electron chi connectivity index (χ2n) is 7.69. The molecule has 180 valence electrons. The highest BCUT2D eigenvalue weighted by Crippen LogP contribution is 2.19. The van der Waals surface area contributed by atoms with Crippen molar-refractivity contribution >= 4 is 23.3 Å². The number of ketones is 1. The number of nitrogens with one attached hydrogen (secondary N) is 1. The van der Waals surface area contributed by atoms with Crippen molar-refractivity contribution in [3.05, 3.63) is 71.9 Å². The minimum Gasteiger partial charge on any atom is -0.493 e. The van der Waals surface area contributed by atoms with Gasteiger partial charge in [-0.3, -0.25) is 14.6 Å². The van der Waals surface area contributed by atoms with Crippen LogP contribution in [0.15, 0.2) is 71.1 Å². The van der Waals surface area contributed by atoms with Crippen LogP contribution in [-0.2, 0) is 9.59 Å². The van der Waals surface area contributed by atoms with E-state index < -0.39 is 17.9 Å². The Bertz CT molecular complexity index is 1030. The number of aliphatic carboxylic acids is 1. The molecule has 34 heavy (non-hydrogen) atoms. The van der Waals surface area contributed by atoms with Crippen LogP contribution in [-0.4, -0.2) is 54.5 Å². The number of carbonyl (C=O) groups excluding carboxylic acids is 2. The fourth-order valence-corrected chi connectivity index (χ4v) is 2.80. The SMILES string of the molecule is C=C(N)CCC(NC(=O)CCOc1ccc(C(=O)c2ccc(N=NN(C)C)cc2)cc1)C(=O)O. The summed E-state index contributed by atoms with van der Waals surface area (Å²) in [5.41, 5.74) is 7.45. The van der Waals surface area contributed by atoms with E-state index in [2.05, 4.69) is 22.2 Å². The smallest absolute Gasteiger partial charge is 0.326 e. The maximum Gasteiger partial charge on any atom is 0.326 e. The van der Waals surface area contributed by atoms with E-state index in [1.54, 1.807) is 67.6 Å². The van der Waals surface area contributed by atoms with E-state index in [0.29, 0.717) is 34.7 Å². The van der Waals surface area contributed by atoms with E-state index in [9.17, 15) is 19.5 Å². The van der Waals surface area contributed by atoms with Crippen molar-refractivity contribution in [1.82, 2.24) is 10.3 Å². The predicted molar refractivity (Wildman–Crippen MR) is 127 cm³/mol. The van der Waals surface area contributed by atoms with E-state index in [1.807, 2.05) is 0 Å². The lowest BCUT2D eigenvalue weighted by atomic mass is 10.0. The van der Waals surface area contributed by atoms with Crippen LogP contribution in [0.3, 0.4) is 0 Å². The van der Waals surface area contributed by atoms with Crippen molar-refractivity contribution in [2.45, 2.75) is 25.3 Å². The van der Waals surface area contributed by atoms with Gasteiger partial charge < -0.3 is 20.9 Å². The molecule has 0 fully saturated rings. The lowest BCUT2D eigenvalue weighted by Gasteiger charge is -2.14. The molecule has 2 rings (SSSR count). The Hall–Kier alpha value is -4.21. The molecular formula is C24H29N5O5. The number of nitrogens with zero attached hydrogens (tertiary/aromatic N) is 3. The second kappa shape index (κ2) is 12.7. The first-order valence-electron chi connectivity index (χ1n) is 10.6. The molecule has 0 aliphatic carbocycles. The van der Waals surface area contributed by atoms with Crippen LogP contribution in [0.1, 0.15) is 35.2 Å². The van der Waals surface area contributed by atoms with Crippen LogP contribution in [0.5, 0.6) is 5.75 Å². The fraction of sp³-hybridized carbons (Fsp3) is 0.292. The number of carboxylic acids is 1. The molecule has 0 heterocycles. The van der Waals surface area contributed by atoms with Crippen molar-refractivity contribution < 1.29 is 24.2 Å². The number of nitrogens with two attached hydrogens (primary N) is 1. The zero-order valence-corrected chi connectivity index (χ0v) is 19.2. The second-order valence-corrected chi connectivity index (χ2v) is 7.69. The van der Waals surface area contributed by atoms with Crippen LogP contribution in [0.2, 0.25) is 0 Å². The molecule has 1 unspecified atom stereocenters. The highest BCUT2D eigenvalue weighted by atomic mass is 16.5. The predicted octanol–water partition coefficient (Wildman–Crippen LogP) is 3.07. The average molecular weight is 468 g/mol. The standard InChI is InChI=1S/C24H29N5O5/c1-16(25)4-13-21(24(32)33)26-22(30)14-15-34-20-11-7-18(8-12-20)23(31)17-5-9-19(10-6-17)27-28-29(2)3/h5-12,21H,1,4,13-15,25H2,2-3H3,(H,26,30)(H,32,33). The third kappa shape index (κ3) is 8.73. The Kier molecular flexibility index (Phi) is 9.75. The topological polar surface area (TPSA) is 147 Å². The summed E-state index contributed by atoms with van der Waals surface area (Å²) < 4.78 is 5.54. The van der Waals surface area contributed by atoms with Gasteiger partial charge in [0.05, 0.1) is 18.7 Å². The molecule has 10 heteroatoms. The Morgan fingerprint density at radius 3 is 2.18 bits per heavy atom. The molecule has 0 aliphatic rings. The molecule has 4 N–H and O–H groups in total. The van der Waals surface area contributed by atoms with Crippen molar-refractivity contribution in [1.29, 1.82) is 0 Å². The van der Waals surface area contributed by atoms with E-state index in [0.717, 1.165) is 0 Å². The van der Waals surface area contributed by atoms with Gasteiger partial charge in [0.2, 0.25) is 5.91 Å². The van der Waals surface area contributed by atoms with Crippen molar-refractivity contribution in [2.75, 3.05) is 20.7 Å². The molecule has 0 aliphatic heterocycles. The Morgan fingerprint density at radius 2 is 1.65 bits per heavy atom. The highest BCUT2D eigenvalue weighted by Gasteiger charge is 2.19. The first-order valence-corrected chi connectivity index (χ1v) is 10.6. The molecule has 2 aromatic carbocycles. The number of hydrogen-bond acceptors (Lipinski definition) is 7. The zero-order valence-electron chi connectivity index (χ0n) is 19.2. The summed E-state index contributed by atoms with van der Waals surface area (Å²) in [4.78, 5) is 35.9. The minimum absolute atomic E-state index is 0.0223. The molecule has 0 bridgehead atoms. The molecule has 10 nitrogen and oxygen atoms in total. The third-order valence-electron chi connectivity index (χ3n) is 4.57. The van der Waals surface area contributed by atoms with Gasteiger partial charge in [-0.05, 0) is 61.4 Å². The summed E-state index contributed by atoms with van der Waals surface area (Å²) >= 11 is 0. The van der Waals surface area contributed by atoms with Gasteiger partial charge in [0.25, 0.3) is 0 Å². The van der Waals surface area contributed by atoms with Gasteiger partial charge in [-0.2, -0.15) is 0 Å². The summed E-state index contributed by atoms with van der Waals surface area (Å²) in [7, 11) is 3.53. The number of carboxylic acid groups (broad SMARTS) is 1. The van der Waals surface area contributed by atoms with Crippen LogP contribution >= 0.6 is 0 Å². The van der Waals surface area contributed by atoms with Crippen LogP contribution in [0.25, 0.3) is 0 Å². The molecular weight excluding hydrogens is 438 g/mol. The van der Waals surface area contributed by atoms with Gasteiger partial charge >= 0.3 is 5.97 Å². The van der Waals surface area contributed by atoms with Crippen LogP contribution in [0, 0.1) is 0 Å². The lowest BCUT2D eigenvalue weighted by Crippen LogP contribution is -2.41. The summed E-state index contributed by atoms with van der Waals surface area (Å²) in [6, 6.07) is 12.3. The summed E-state index contributed by atoms with van der Waals surface area (Å²) in [5.74, 6) is -1.25. The molecule has 0 spiro atoms. The summed E-state index contributed by atoms with van der Waals surface area (Å²) in [6.45, 7) is 3.57. The first-order chi connectivity index (χ1) is 16.2. The van der Waals surface area contributed by atoms with E-state index in [4.69, 9.17) is 10.5 Å². The van der Waals surface area contributed by atoms with Gasteiger partial charge in [-0.1, -0.05) is 11.8 Å². The van der Waals surface area contributed by atoms with Crippen LogP contribution in [0.4, 0.5) is 5.69 Å². The molecule has 1 atom stereocenters. The number of allylic oxidation sites excluding steroid dienone is 1. The van der Waals surface area contributed by atoms with Crippen molar-refractivity contribution in [2.24, 2.45) is 16.1 Å². The monoisotopic (exact) mass is 467 g/mol. The van der Waals surface area contributed by atoms with Gasteiger partial charge in [0, 0.05) is 30.9 Å². The maximum absolute atomic E-state index is 12.7. The Labute approximate surface area is 198 Å². The molecule has 0 radical (unpaired) electrons. The largest absolute Gasteiger partial charge is 0.493 e. The number of benzene rings is 2. The average Bonchev–Trinajstić information content (AvgIpc) is 2.80. The van der Waals surface area contributed by atoms with Crippen LogP contribution < -0.4 is 15.8 Å². The summed E-state index contributed by atoms with van der Waals surface area (Å²) in [6.07, 6.45) is 0.436. The minimum atomic E-state index is -1.14. The third-order valence-corrected chi connectivity index (χ3v) is 4.57. The van der Waals surface area contributed by atoms with E-state index in [-0.39, 0.29) is 25.2 Å². The van der Waals surface area contributed by atoms with Gasteiger partial charge in [0.1, 0.15) is 11.8 Å². The maximum atomic E-state index is 12.7. The van der Waals surface area contributed by atoms with E-state index >= 15 is 0 Å². The summed E-state index contributed by atoms with van der Waals surface area (Å²) in [5, 5.41) is 21.1. The fourth-order valence-electron chi connectivity index (χ4n) is 2.80. The molecule has 0 aromatic heterocycles. The number of rotatable bonds is 13. The normalized spacial score (nSPS) is 11.6. The number of ether oxygens (including phenoxy) is 1. The lowest BCUT2D eigenvalue weighted by molar-refractivity contribution is -0.142. The van der Waals surface area contributed by atoms with Gasteiger partial charge in [-0.15, -0.1) is 5.11 Å². The number of hydrogen-bond donors (Lipinski definition) is 3.